The Morgan fingerprint density at radius 3 is 2.53 bits per heavy atom. The molecule has 1 saturated carbocycles. The van der Waals surface area contributed by atoms with Crippen molar-refractivity contribution >= 4 is 0 Å². The van der Waals surface area contributed by atoms with Crippen LogP contribution in [0.3, 0.4) is 0 Å². The molecule has 3 atom stereocenters. The monoisotopic (exact) mass is 270 g/mol. The van der Waals surface area contributed by atoms with Crippen LogP contribution in [-0.2, 0) is 0 Å². The quantitative estimate of drug-likeness (QED) is 0.711. The first-order chi connectivity index (χ1) is 9.12. The molecule has 3 nitrogen and oxygen atoms in total. The average Bonchev–Trinajstić information content (AvgIpc) is 2.39. The summed E-state index contributed by atoms with van der Waals surface area (Å²) in [5.74, 6) is 2.43. The summed E-state index contributed by atoms with van der Waals surface area (Å²) >= 11 is 0. The lowest BCUT2D eigenvalue weighted by Gasteiger charge is -2.40. The summed E-state index contributed by atoms with van der Waals surface area (Å²) < 4.78 is 0. The molecule has 0 radical (unpaired) electrons. The second kappa shape index (κ2) is 8.93. The maximum absolute atomic E-state index is 9.20. The van der Waals surface area contributed by atoms with E-state index in [4.69, 9.17) is 0 Å². The van der Waals surface area contributed by atoms with Crippen molar-refractivity contribution in [3.8, 4) is 0 Å². The van der Waals surface area contributed by atoms with Gasteiger partial charge in [-0.15, -0.1) is 0 Å². The summed E-state index contributed by atoms with van der Waals surface area (Å²) in [5, 5.41) is 12.7. The number of nitrogens with zero attached hydrogens (tertiary/aromatic N) is 1. The van der Waals surface area contributed by atoms with E-state index in [1.807, 2.05) is 0 Å². The van der Waals surface area contributed by atoms with Crippen LogP contribution in [0, 0.1) is 17.8 Å². The minimum absolute atomic E-state index is 0.282. The summed E-state index contributed by atoms with van der Waals surface area (Å²) in [4.78, 5) is 2.44. The number of nitrogens with one attached hydrogen (secondary N) is 1. The van der Waals surface area contributed by atoms with Gasteiger partial charge in [0.25, 0.3) is 0 Å². The van der Waals surface area contributed by atoms with E-state index in [2.05, 4.69) is 38.0 Å². The third kappa shape index (κ3) is 5.41. The molecule has 0 aromatic rings. The molecule has 2 N–H and O–H groups in total. The number of hydrogen-bond donors (Lipinski definition) is 2. The zero-order valence-electron chi connectivity index (χ0n) is 13.4. The average molecular weight is 270 g/mol. The van der Waals surface area contributed by atoms with E-state index in [0.717, 1.165) is 37.4 Å². The minimum Gasteiger partial charge on any atom is -0.395 e. The lowest BCUT2D eigenvalue weighted by molar-refractivity contribution is 0.111. The van der Waals surface area contributed by atoms with Crippen LogP contribution >= 0.6 is 0 Å². The SMILES string of the molecule is CCCN(CCO)CC1CC(C(C)C)CCC1NC. The molecule has 0 aromatic carbocycles. The van der Waals surface area contributed by atoms with Crippen LogP contribution in [0.5, 0.6) is 0 Å². The Morgan fingerprint density at radius 1 is 1.26 bits per heavy atom. The molecule has 0 aromatic heterocycles. The number of aliphatic hydroxyl groups excluding tert-OH is 1. The fraction of sp³-hybridized carbons (Fsp3) is 1.00. The summed E-state index contributed by atoms with van der Waals surface area (Å²) in [6.45, 7) is 10.3. The van der Waals surface area contributed by atoms with E-state index in [-0.39, 0.29) is 6.61 Å². The normalized spacial score (nSPS) is 28.3. The fourth-order valence-corrected chi connectivity index (χ4v) is 3.57. The largest absolute Gasteiger partial charge is 0.395 e. The van der Waals surface area contributed by atoms with Crippen LogP contribution in [-0.4, -0.2) is 49.3 Å². The first-order valence-electron chi connectivity index (χ1n) is 8.12. The van der Waals surface area contributed by atoms with E-state index < -0.39 is 0 Å². The van der Waals surface area contributed by atoms with Crippen molar-refractivity contribution in [2.75, 3.05) is 33.3 Å². The zero-order valence-corrected chi connectivity index (χ0v) is 13.4. The first-order valence-corrected chi connectivity index (χ1v) is 8.12. The highest BCUT2D eigenvalue weighted by atomic mass is 16.3. The molecule has 114 valence electrons. The lowest BCUT2D eigenvalue weighted by atomic mass is 9.73. The molecule has 0 spiro atoms. The number of aliphatic hydroxyl groups is 1. The molecule has 1 aliphatic carbocycles. The molecule has 1 rings (SSSR count). The molecule has 0 amide bonds. The second-order valence-corrected chi connectivity index (χ2v) is 6.50. The van der Waals surface area contributed by atoms with Gasteiger partial charge in [-0.25, -0.2) is 0 Å². The molecule has 0 bridgehead atoms. The van der Waals surface area contributed by atoms with Crippen molar-refractivity contribution < 1.29 is 5.11 Å². The van der Waals surface area contributed by atoms with Gasteiger partial charge in [-0.05, 0) is 57.0 Å². The van der Waals surface area contributed by atoms with E-state index in [0.29, 0.717) is 6.04 Å². The summed E-state index contributed by atoms with van der Waals surface area (Å²) in [6, 6.07) is 0.660. The van der Waals surface area contributed by atoms with Crippen molar-refractivity contribution in [2.45, 2.75) is 52.5 Å². The molecule has 1 fully saturated rings. The second-order valence-electron chi connectivity index (χ2n) is 6.50. The van der Waals surface area contributed by atoms with Gasteiger partial charge in [0.1, 0.15) is 0 Å². The number of rotatable bonds is 8. The van der Waals surface area contributed by atoms with Crippen molar-refractivity contribution in [2.24, 2.45) is 17.8 Å². The van der Waals surface area contributed by atoms with Gasteiger partial charge in [0.2, 0.25) is 0 Å². The Hall–Kier alpha value is -0.120. The van der Waals surface area contributed by atoms with E-state index in [9.17, 15) is 5.11 Å². The highest BCUT2D eigenvalue weighted by molar-refractivity contribution is 4.86. The van der Waals surface area contributed by atoms with Crippen molar-refractivity contribution in [1.82, 2.24) is 10.2 Å². The highest BCUT2D eigenvalue weighted by Crippen LogP contribution is 2.34. The molecule has 3 unspecified atom stereocenters. The van der Waals surface area contributed by atoms with E-state index >= 15 is 0 Å². The summed E-state index contributed by atoms with van der Waals surface area (Å²) in [5.41, 5.74) is 0. The zero-order chi connectivity index (χ0) is 14.3. The van der Waals surface area contributed by atoms with E-state index in [1.54, 1.807) is 0 Å². The van der Waals surface area contributed by atoms with Gasteiger partial charge in [-0.1, -0.05) is 20.8 Å². The molecular weight excluding hydrogens is 236 g/mol. The summed E-state index contributed by atoms with van der Waals surface area (Å²) in [6.07, 6.45) is 5.19. The van der Waals surface area contributed by atoms with E-state index in [1.165, 1.54) is 25.7 Å². The Balaban J connectivity index is 2.58. The predicted octanol–water partition coefficient (Wildman–Crippen LogP) is 2.35. The van der Waals surface area contributed by atoms with Crippen LogP contribution in [0.2, 0.25) is 0 Å². The smallest absolute Gasteiger partial charge is 0.0558 e. The first kappa shape index (κ1) is 16.9. The molecule has 1 aliphatic rings. The standard InChI is InChI=1S/C16H34N2O/c1-5-8-18(9-10-19)12-15-11-14(13(2)3)6-7-16(15)17-4/h13-17,19H,5-12H2,1-4H3. The van der Waals surface area contributed by atoms with Gasteiger partial charge in [-0.3, -0.25) is 0 Å². The maximum Gasteiger partial charge on any atom is 0.0558 e. The van der Waals surface area contributed by atoms with Crippen LogP contribution in [0.25, 0.3) is 0 Å². The minimum atomic E-state index is 0.282. The number of hydrogen-bond acceptors (Lipinski definition) is 3. The van der Waals surface area contributed by atoms with Crippen molar-refractivity contribution in [1.29, 1.82) is 0 Å². The lowest BCUT2D eigenvalue weighted by Crippen LogP contribution is -2.46. The summed E-state index contributed by atoms with van der Waals surface area (Å²) in [7, 11) is 2.10. The predicted molar refractivity (Wildman–Crippen MR) is 82.3 cm³/mol. The Labute approximate surface area is 119 Å². The molecule has 3 heteroatoms. The van der Waals surface area contributed by atoms with Crippen LogP contribution in [0.15, 0.2) is 0 Å². The van der Waals surface area contributed by atoms with Gasteiger partial charge in [0.15, 0.2) is 0 Å². The molecule has 0 saturated heterocycles. The van der Waals surface area contributed by atoms with Gasteiger partial charge >= 0.3 is 0 Å². The van der Waals surface area contributed by atoms with Gasteiger partial charge in [-0.2, -0.15) is 0 Å². The van der Waals surface area contributed by atoms with Gasteiger partial charge in [0, 0.05) is 19.1 Å². The van der Waals surface area contributed by atoms with Crippen LogP contribution in [0.4, 0.5) is 0 Å². The van der Waals surface area contributed by atoms with Gasteiger partial charge in [0.05, 0.1) is 6.61 Å². The van der Waals surface area contributed by atoms with Crippen molar-refractivity contribution in [3.05, 3.63) is 0 Å². The molecule has 0 heterocycles. The maximum atomic E-state index is 9.20. The molecular formula is C16H34N2O. The Morgan fingerprint density at radius 2 is 2.00 bits per heavy atom. The molecule has 19 heavy (non-hydrogen) atoms. The third-order valence-corrected chi connectivity index (χ3v) is 4.79. The van der Waals surface area contributed by atoms with Crippen molar-refractivity contribution in [3.63, 3.8) is 0 Å². The topological polar surface area (TPSA) is 35.5 Å². The molecule has 0 aliphatic heterocycles. The van der Waals surface area contributed by atoms with Crippen LogP contribution in [0.1, 0.15) is 46.5 Å². The Bertz CT molecular complexity index is 227. The van der Waals surface area contributed by atoms with Crippen LogP contribution < -0.4 is 5.32 Å². The Kier molecular flexibility index (Phi) is 7.96. The highest BCUT2D eigenvalue weighted by Gasteiger charge is 2.31. The van der Waals surface area contributed by atoms with Gasteiger partial charge < -0.3 is 15.3 Å². The fourth-order valence-electron chi connectivity index (χ4n) is 3.57. The third-order valence-electron chi connectivity index (χ3n) is 4.79.